The highest BCUT2D eigenvalue weighted by molar-refractivity contribution is 5.76. The fraction of sp³-hybridized carbons (Fsp3) is 0.571. The van der Waals surface area contributed by atoms with Gasteiger partial charge in [-0.15, -0.1) is 0 Å². The van der Waals surface area contributed by atoms with Gasteiger partial charge in [-0.3, -0.25) is 4.79 Å². The molecular weight excluding hydrogens is 326 g/mol. The highest BCUT2D eigenvalue weighted by Crippen LogP contribution is 2.24. The Morgan fingerprint density at radius 1 is 1.23 bits per heavy atom. The summed E-state index contributed by atoms with van der Waals surface area (Å²) in [4.78, 5) is 19.0. The first-order chi connectivity index (χ1) is 12.6. The van der Waals surface area contributed by atoms with Gasteiger partial charge in [0, 0.05) is 31.0 Å². The molecule has 3 rings (SSSR count). The van der Waals surface area contributed by atoms with Crippen LogP contribution in [0.2, 0.25) is 0 Å². The zero-order valence-electron chi connectivity index (χ0n) is 16.1. The van der Waals surface area contributed by atoms with Crippen LogP contribution in [0.15, 0.2) is 28.8 Å². The predicted octanol–water partition coefficient (Wildman–Crippen LogP) is 4.58. The number of carbonyl (C=O) groups excluding carboxylic acids is 1. The molecular formula is C21H29N3O2. The minimum Gasteiger partial charge on any atom is -0.340 e. The van der Waals surface area contributed by atoms with Crippen LogP contribution in [0.1, 0.15) is 70.2 Å². The zero-order chi connectivity index (χ0) is 18.5. The summed E-state index contributed by atoms with van der Waals surface area (Å²) in [6.07, 6.45) is 5.67. The van der Waals surface area contributed by atoms with E-state index in [1.807, 2.05) is 17.0 Å². The van der Waals surface area contributed by atoms with Crippen LogP contribution < -0.4 is 0 Å². The van der Waals surface area contributed by atoms with Crippen molar-refractivity contribution in [3.8, 4) is 11.4 Å². The molecule has 0 aliphatic heterocycles. The van der Waals surface area contributed by atoms with E-state index in [9.17, 15) is 4.79 Å². The molecule has 1 aromatic heterocycles. The van der Waals surface area contributed by atoms with Crippen molar-refractivity contribution in [3.63, 3.8) is 0 Å². The molecule has 0 N–H and O–H groups in total. The summed E-state index contributed by atoms with van der Waals surface area (Å²) in [6, 6.07) is 8.66. The Morgan fingerprint density at radius 2 is 1.92 bits per heavy atom. The summed E-state index contributed by atoms with van der Waals surface area (Å²) in [5, 5.41) is 4.07. The number of aromatic nitrogens is 2. The lowest BCUT2D eigenvalue weighted by Gasteiger charge is -2.27. The number of carbonyl (C=O) groups is 1. The normalized spacial score (nSPS) is 14.9. The van der Waals surface area contributed by atoms with E-state index in [1.165, 1.54) is 18.4 Å². The average molecular weight is 355 g/mol. The second-order valence-electron chi connectivity index (χ2n) is 7.41. The van der Waals surface area contributed by atoms with Crippen molar-refractivity contribution in [2.75, 3.05) is 6.54 Å². The van der Waals surface area contributed by atoms with Crippen molar-refractivity contribution in [3.05, 3.63) is 35.7 Å². The lowest BCUT2D eigenvalue weighted by molar-refractivity contribution is -0.133. The predicted molar refractivity (Wildman–Crippen MR) is 102 cm³/mol. The molecule has 5 heteroatoms. The Labute approximate surface area is 155 Å². The third kappa shape index (κ3) is 4.32. The van der Waals surface area contributed by atoms with Crippen LogP contribution in [0.25, 0.3) is 11.4 Å². The van der Waals surface area contributed by atoms with Gasteiger partial charge in [0.15, 0.2) is 0 Å². The Kier molecular flexibility index (Phi) is 6.07. The summed E-state index contributed by atoms with van der Waals surface area (Å²) in [5.74, 6) is 1.81. The van der Waals surface area contributed by atoms with Crippen molar-refractivity contribution in [2.24, 2.45) is 0 Å². The van der Waals surface area contributed by atoms with Gasteiger partial charge in [0.1, 0.15) is 0 Å². The average Bonchev–Trinajstić information content (AvgIpc) is 3.33. The van der Waals surface area contributed by atoms with Crippen LogP contribution >= 0.6 is 0 Å². The van der Waals surface area contributed by atoms with Gasteiger partial charge in [0.25, 0.3) is 0 Å². The van der Waals surface area contributed by atoms with E-state index < -0.39 is 0 Å². The van der Waals surface area contributed by atoms with Gasteiger partial charge >= 0.3 is 0 Å². The topological polar surface area (TPSA) is 59.2 Å². The van der Waals surface area contributed by atoms with Gasteiger partial charge in [-0.1, -0.05) is 56.1 Å². The van der Waals surface area contributed by atoms with Gasteiger partial charge in [-0.2, -0.15) is 4.98 Å². The van der Waals surface area contributed by atoms with Crippen LogP contribution in [-0.4, -0.2) is 33.5 Å². The SMILES string of the molecule is CCN(C(=O)CCc1nc(-c2ccc(C(C)C)cc2)no1)C1CCCC1. The largest absolute Gasteiger partial charge is 0.340 e. The molecule has 0 bridgehead atoms. The van der Waals surface area contributed by atoms with Crippen LogP contribution in [-0.2, 0) is 11.2 Å². The maximum atomic E-state index is 12.5. The molecule has 1 amide bonds. The van der Waals surface area contributed by atoms with Gasteiger partial charge in [0.05, 0.1) is 0 Å². The number of aryl methyl sites for hydroxylation is 1. The number of benzene rings is 1. The zero-order valence-corrected chi connectivity index (χ0v) is 16.1. The fourth-order valence-corrected chi connectivity index (χ4v) is 3.70. The Balaban J connectivity index is 1.58. The molecule has 2 aromatic rings. The van der Waals surface area contributed by atoms with Gasteiger partial charge in [-0.25, -0.2) is 0 Å². The molecule has 1 aliphatic rings. The smallest absolute Gasteiger partial charge is 0.227 e. The Bertz CT molecular complexity index is 715. The van der Waals surface area contributed by atoms with E-state index >= 15 is 0 Å². The molecule has 140 valence electrons. The molecule has 1 aromatic carbocycles. The minimum atomic E-state index is 0.195. The van der Waals surface area contributed by atoms with Crippen LogP contribution in [0.3, 0.4) is 0 Å². The summed E-state index contributed by atoms with van der Waals surface area (Å²) >= 11 is 0. The molecule has 1 heterocycles. The van der Waals surface area contributed by atoms with Gasteiger partial charge < -0.3 is 9.42 Å². The molecule has 0 spiro atoms. The Hall–Kier alpha value is -2.17. The van der Waals surface area contributed by atoms with E-state index in [0.717, 1.165) is 24.9 Å². The maximum absolute atomic E-state index is 12.5. The minimum absolute atomic E-state index is 0.195. The number of amides is 1. The number of rotatable bonds is 7. The lowest BCUT2D eigenvalue weighted by Crippen LogP contribution is -2.38. The molecule has 1 fully saturated rings. The number of nitrogens with zero attached hydrogens (tertiary/aromatic N) is 3. The molecule has 1 saturated carbocycles. The maximum Gasteiger partial charge on any atom is 0.227 e. The van der Waals surface area contributed by atoms with E-state index in [-0.39, 0.29) is 5.91 Å². The van der Waals surface area contributed by atoms with Crippen molar-refractivity contribution in [1.29, 1.82) is 0 Å². The number of hydrogen-bond donors (Lipinski definition) is 0. The summed E-state index contributed by atoms with van der Waals surface area (Å²) in [5.41, 5.74) is 2.23. The third-order valence-electron chi connectivity index (χ3n) is 5.28. The van der Waals surface area contributed by atoms with Crippen LogP contribution in [0, 0.1) is 0 Å². The molecule has 0 radical (unpaired) electrons. The van der Waals surface area contributed by atoms with E-state index in [1.54, 1.807) is 0 Å². The first kappa shape index (κ1) is 18.6. The first-order valence-electron chi connectivity index (χ1n) is 9.81. The second kappa shape index (κ2) is 8.47. The highest BCUT2D eigenvalue weighted by atomic mass is 16.5. The monoisotopic (exact) mass is 355 g/mol. The van der Waals surface area contributed by atoms with E-state index in [4.69, 9.17) is 4.52 Å². The summed E-state index contributed by atoms with van der Waals surface area (Å²) in [7, 11) is 0. The molecule has 0 atom stereocenters. The van der Waals surface area contributed by atoms with Crippen molar-refractivity contribution >= 4 is 5.91 Å². The molecule has 26 heavy (non-hydrogen) atoms. The summed E-state index contributed by atoms with van der Waals surface area (Å²) < 4.78 is 5.35. The van der Waals surface area contributed by atoms with Crippen molar-refractivity contribution in [2.45, 2.75) is 71.3 Å². The second-order valence-corrected chi connectivity index (χ2v) is 7.41. The standard InChI is InChI=1S/C21H29N3O2/c1-4-24(18-7-5-6-8-18)20(25)14-13-19-22-21(23-26-19)17-11-9-16(10-12-17)15(2)3/h9-12,15,18H,4-8,13-14H2,1-3H3. The van der Waals surface area contributed by atoms with Crippen LogP contribution in [0.5, 0.6) is 0 Å². The molecule has 0 saturated heterocycles. The lowest BCUT2D eigenvalue weighted by atomic mass is 10.0. The molecule has 0 unspecified atom stereocenters. The number of hydrogen-bond acceptors (Lipinski definition) is 4. The van der Waals surface area contributed by atoms with E-state index in [0.29, 0.717) is 36.5 Å². The van der Waals surface area contributed by atoms with Gasteiger partial charge in [-0.05, 0) is 31.2 Å². The van der Waals surface area contributed by atoms with Crippen molar-refractivity contribution in [1.82, 2.24) is 15.0 Å². The third-order valence-corrected chi connectivity index (χ3v) is 5.28. The van der Waals surface area contributed by atoms with Crippen molar-refractivity contribution < 1.29 is 9.32 Å². The Morgan fingerprint density at radius 3 is 2.54 bits per heavy atom. The highest BCUT2D eigenvalue weighted by Gasteiger charge is 2.25. The molecule has 1 aliphatic carbocycles. The fourth-order valence-electron chi connectivity index (χ4n) is 3.70. The quantitative estimate of drug-likeness (QED) is 0.729. The van der Waals surface area contributed by atoms with Crippen LogP contribution in [0.4, 0.5) is 0 Å². The molecule has 5 nitrogen and oxygen atoms in total. The van der Waals surface area contributed by atoms with Gasteiger partial charge in [0.2, 0.25) is 17.6 Å². The first-order valence-corrected chi connectivity index (χ1v) is 9.81. The van der Waals surface area contributed by atoms with E-state index in [2.05, 4.69) is 43.0 Å². The summed E-state index contributed by atoms with van der Waals surface area (Å²) in [6.45, 7) is 7.18.